The van der Waals surface area contributed by atoms with Crippen molar-refractivity contribution in [3.05, 3.63) is 133 Å². The highest BCUT2D eigenvalue weighted by Gasteiger charge is 2.20. The topological polar surface area (TPSA) is 13.1 Å². The largest absolute Gasteiger partial charge is 0.456 e. The van der Waals surface area contributed by atoms with Crippen molar-refractivity contribution >= 4 is 55.6 Å². The van der Waals surface area contributed by atoms with Crippen molar-refractivity contribution in [3.63, 3.8) is 0 Å². The van der Waals surface area contributed by atoms with Crippen LogP contribution in [0.1, 0.15) is 30.3 Å². The molecule has 0 saturated carbocycles. The Morgan fingerprint density at radius 3 is 2.30 bits per heavy atom. The molecule has 1 heteroatoms. The van der Waals surface area contributed by atoms with E-state index in [0.29, 0.717) is 22.1 Å². The first-order valence-electron chi connectivity index (χ1n) is 18.5. The molecule has 0 N–H and O–H groups in total. The molecule has 0 atom stereocenters. The Hall–Kier alpha value is -4.88. The summed E-state index contributed by atoms with van der Waals surface area (Å²) >= 11 is 0. The predicted octanol–water partition coefficient (Wildman–Crippen LogP) is 10.5. The maximum absolute atomic E-state index is 9.22. The molecule has 0 aliphatic heterocycles. The molecule has 1 aromatic heterocycles. The van der Waals surface area contributed by atoms with Crippen molar-refractivity contribution in [2.45, 2.75) is 0 Å². The van der Waals surface area contributed by atoms with Crippen LogP contribution >= 0.6 is 0 Å². The van der Waals surface area contributed by atoms with Gasteiger partial charge in [-0.05, 0) is 73.1 Å². The Labute approximate surface area is 235 Å². The van der Waals surface area contributed by atoms with Crippen LogP contribution in [-0.4, -0.2) is 0 Å². The van der Waals surface area contributed by atoms with Gasteiger partial charge in [0.1, 0.15) is 11.2 Å². The van der Waals surface area contributed by atoms with Crippen LogP contribution in [0, 0.1) is 0 Å². The highest BCUT2D eigenvalue weighted by Crippen LogP contribution is 2.45. The van der Waals surface area contributed by atoms with Crippen LogP contribution in [0.15, 0.2) is 126 Å². The van der Waals surface area contributed by atoms with Crippen LogP contribution in [0.2, 0.25) is 0 Å². The summed E-state index contributed by atoms with van der Waals surface area (Å²) in [6.07, 6.45) is 1.22. The number of fused-ring (bicyclic) bond motifs is 5. The van der Waals surface area contributed by atoms with Gasteiger partial charge in [0.2, 0.25) is 0 Å². The molecule has 1 heterocycles. The highest BCUT2D eigenvalue weighted by atomic mass is 16.3. The fourth-order valence-electron chi connectivity index (χ4n) is 4.95. The lowest BCUT2D eigenvalue weighted by Gasteiger charge is -2.21. The third-order valence-corrected chi connectivity index (χ3v) is 6.52. The van der Waals surface area contributed by atoms with E-state index in [0.717, 1.165) is 18.5 Å². The van der Waals surface area contributed by atoms with Crippen LogP contribution in [0.4, 0.5) is 0 Å². The summed E-state index contributed by atoms with van der Waals surface area (Å²) in [7, 11) is 0. The van der Waals surface area contributed by atoms with Gasteiger partial charge in [-0.1, -0.05) is 116 Å². The van der Waals surface area contributed by atoms with Crippen molar-refractivity contribution in [2.75, 3.05) is 0 Å². The Morgan fingerprint density at radius 1 is 0.676 bits per heavy atom. The van der Waals surface area contributed by atoms with Gasteiger partial charge in [-0.15, -0.1) is 0 Å². The van der Waals surface area contributed by atoms with Crippen LogP contribution in [0.25, 0.3) is 77.9 Å². The Bertz CT molecular complexity index is 2740. The molecule has 0 unspecified atom stereocenters. The van der Waals surface area contributed by atoms with Gasteiger partial charge >= 0.3 is 0 Å². The van der Waals surface area contributed by atoms with Gasteiger partial charge < -0.3 is 4.42 Å². The van der Waals surface area contributed by atoms with Gasteiger partial charge in [0, 0.05) is 10.8 Å². The molecule has 1 nitrogen and oxygen atoms in total. The normalized spacial score (nSPS) is 17.7. The zero-order valence-electron chi connectivity index (χ0n) is 33.2. The molecule has 0 fully saturated rings. The minimum atomic E-state index is -0.706. The molecule has 7 rings (SSSR count). The molecule has 0 amide bonds. The summed E-state index contributed by atoms with van der Waals surface area (Å²) < 4.78 is 128. The molecule has 0 spiro atoms. The number of rotatable bonds is 4. The number of para-hydroxylation sites is 1. The third-order valence-electron chi connectivity index (χ3n) is 6.52. The van der Waals surface area contributed by atoms with E-state index in [9.17, 15) is 2.74 Å². The molecular weight excluding hydrogens is 448 g/mol. The highest BCUT2D eigenvalue weighted by molar-refractivity contribution is 6.16. The summed E-state index contributed by atoms with van der Waals surface area (Å²) in [4.78, 5) is 0. The molecule has 0 aliphatic carbocycles. The van der Waals surface area contributed by atoms with Crippen molar-refractivity contribution in [3.8, 4) is 22.3 Å². The Balaban J connectivity index is 1.84. The molecule has 0 radical (unpaired) electrons. The average molecular weight is 487 g/mol. The molecule has 0 aliphatic rings. The van der Waals surface area contributed by atoms with Gasteiger partial charge in [-0.2, -0.15) is 0 Å². The molecule has 0 saturated heterocycles. The van der Waals surface area contributed by atoms with E-state index in [1.54, 1.807) is 24.3 Å². The molecule has 37 heavy (non-hydrogen) atoms. The number of hydrogen-bond acceptors (Lipinski definition) is 1. The predicted molar refractivity (Wildman–Crippen MR) is 160 cm³/mol. The minimum Gasteiger partial charge on any atom is -0.456 e. The Kier molecular flexibility index (Phi) is 2.59. The summed E-state index contributed by atoms with van der Waals surface area (Å²) in [5.41, 5.74) is 0.909. The minimum absolute atomic E-state index is 0.0666. The van der Waals surface area contributed by atoms with E-state index in [1.807, 2.05) is 18.2 Å². The number of furan rings is 1. The first-order chi connectivity index (χ1) is 24.3. The van der Waals surface area contributed by atoms with Crippen molar-refractivity contribution < 1.29 is 23.6 Å². The van der Waals surface area contributed by atoms with Crippen molar-refractivity contribution in [2.24, 2.45) is 0 Å². The van der Waals surface area contributed by atoms with Gasteiger partial charge in [0.15, 0.2) is 0 Å². The molecule has 7 aromatic rings. The molecular formula is C36H24O. The van der Waals surface area contributed by atoms with Crippen LogP contribution < -0.4 is 0 Å². The lowest BCUT2D eigenvalue weighted by atomic mass is 9.82. The SMILES string of the molecule is [2H]C=Cc1c(C([2H])=C[2H])c(-c2ccc3oc4ccccc4c3c2)c2c([2H])c([2H])c([2H])c([2H])c2c1-c1c([2H])c([2H])c([2H])c2c([2H])c([2H])c([2H])c([2H])c12. The van der Waals surface area contributed by atoms with E-state index in [4.69, 9.17) is 20.9 Å². The standard InChI is InChI=1S/C36H24O/c1-3-25-26(4-2)36(29-18-11-13-23-12-5-6-14-27(23)29)31-17-8-7-16-30(31)35(25)24-20-21-34-32(22-24)28-15-9-10-19-33(28)37-34/h3-22H,1-2H2/i1D,2D,3D,5D,6D,7D,8D,11D,12D,13D,14D,16D,17D,18D. The monoisotopic (exact) mass is 486 g/mol. The summed E-state index contributed by atoms with van der Waals surface area (Å²) in [5, 5.41) is 0.365. The van der Waals surface area contributed by atoms with E-state index in [2.05, 4.69) is 0 Å². The van der Waals surface area contributed by atoms with Crippen LogP contribution in [0.3, 0.4) is 0 Å². The lowest BCUT2D eigenvalue weighted by Crippen LogP contribution is -1.96. The van der Waals surface area contributed by atoms with Gasteiger partial charge in [-0.25, -0.2) is 0 Å². The number of benzene rings is 6. The average Bonchev–Trinajstić information content (AvgIpc) is 3.50. The maximum Gasteiger partial charge on any atom is 0.135 e. The van der Waals surface area contributed by atoms with Crippen LogP contribution in [-0.2, 0) is 0 Å². The number of hydrogen-bond donors (Lipinski definition) is 0. The lowest BCUT2D eigenvalue weighted by molar-refractivity contribution is 0.669. The van der Waals surface area contributed by atoms with Gasteiger partial charge in [-0.3, -0.25) is 0 Å². The maximum atomic E-state index is 9.22. The second-order valence-electron chi connectivity index (χ2n) is 8.41. The van der Waals surface area contributed by atoms with Gasteiger partial charge in [0.05, 0.1) is 19.2 Å². The molecule has 0 bridgehead atoms. The zero-order valence-corrected chi connectivity index (χ0v) is 19.2. The van der Waals surface area contributed by atoms with E-state index >= 15 is 0 Å². The molecule has 6 aromatic carbocycles. The summed E-state index contributed by atoms with van der Waals surface area (Å²) in [6, 6.07) is 4.86. The van der Waals surface area contributed by atoms with Gasteiger partial charge in [0.25, 0.3) is 0 Å². The van der Waals surface area contributed by atoms with E-state index < -0.39 is 72.5 Å². The van der Waals surface area contributed by atoms with E-state index in [-0.39, 0.29) is 49.4 Å². The first-order valence-corrected chi connectivity index (χ1v) is 11.4. The van der Waals surface area contributed by atoms with Crippen molar-refractivity contribution in [1.82, 2.24) is 0 Å². The summed E-state index contributed by atoms with van der Waals surface area (Å²) in [5.74, 6) is 0. The smallest absolute Gasteiger partial charge is 0.135 e. The van der Waals surface area contributed by atoms with Crippen molar-refractivity contribution in [1.29, 1.82) is 0 Å². The van der Waals surface area contributed by atoms with Crippen LogP contribution in [0.5, 0.6) is 0 Å². The summed E-state index contributed by atoms with van der Waals surface area (Å²) in [6.45, 7) is 1.58. The quantitative estimate of drug-likeness (QED) is 0.241. The fourth-order valence-corrected chi connectivity index (χ4v) is 4.95. The molecule has 174 valence electrons. The second-order valence-corrected chi connectivity index (χ2v) is 8.41. The second kappa shape index (κ2) is 8.36. The van der Waals surface area contributed by atoms with E-state index in [1.165, 1.54) is 6.08 Å². The zero-order chi connectivity index (χ0) is 36.8. The third kappa shape index (κ3) is 3.18. The Morgan fingerprint density at radius 2 is 1.43 bits per heavy atom. The fraction of sp³-hybridized carbons (Fsp3) is 0. The first kappa shape index (κ1) is 11.5.